The molecule has 0 heterocycles. The summed E-state index contributed by atoms with van der Waals surface area (Å²) in [5, 5.41) is 8.31. The summed E-state index contributed by atoms with van der Waals surface area (Å²) >= 11 is 2.98. The van der Waals surface area contributed by atoms with E-state index in [1.165, 1.54) is 0 Å². The summed E-state index contributed by atoms with van der Waals surface area (Å²) in [5.74, 6) is 2.84. The summed E-state index contributed by atoms with van der Waals surface area (Å²) in [7, 11) is 0. The summed E-state index contributed by atoms with van der Waals surface area (Å²) < 4.78 is 0. The monoisotopic (exact) mass is 173 g/mol. The molecule has 0 aliphatic heterocycles. The van der Waals surface area contributed by atoms with Crippen molar-refractivity contribution in [2.24, 2.45) is 0 Å². The average molecular weight is 173 g/mol. The Kier molecular flexibility index (Phi) is 7.00. The molecular formula is C6H9BrO. The van der Waals surface area contributed by atoms with Crippen molar-refractivity contribution in [1.29, 1.82) is 0 Å². The Bertz CT molecular complexity index is 90.4. The number of hydrogen-bond donors (Lipinski definition) is 1. The van der Waals surface area contributed by atoms with Crippen molar-refractivity contribution >= 4 is 15.9 Å². The first-order valence-corrected chi connectivity index (χ1v) is 3.40. The fraction of sp³-hybridized carbons (Fsp3) is 0.667. The molecule has 0 aliphatic carbocycles. The van der Waals surface area contributed by atoms with Gasteiger partial charge >= 0.3 is 0 Å². The van der Waals surface area contributed by atoms with Crippen molar-refractivity contribution in [2.45, 2.75) is 19.3 Å². The fourth-order valence-electron chi connectivity index (χ4n) is 0.372. The molecule has 0 radical (unpaired) electrons. The molecule has 0 spiro atoms. The molecule has 0 saturated carbocycles. The molecule has 1 N–H and O–H groups in total. The van der Waals surface area contributed by atoms with E-state index in [1.54, 1.807) is 0 Å². The highest BCUT2D eigenvalue weighted by molar-refractivity contribution is 9.12. The molecular weight excluding hydrogens is 164 g/mol. The Balaban J connectivity index is 2.79. The lowest BCUT2D eigenvalue weighted by Gasteiger charge is -1.86. The van der Waals surface area contributed by atoms with Crippen LogP contribution in [0, 0.1) is 10.8 Å². The summed E-state index contributed by atoms with van der Waals surface area (Å²) in [6.45, 7) is 0.282. The van der Waals surface area contributed by atoms with Crippen LogP contribution in [0.15, 0.2) is 0 Å². The van der Waals surface area contributed by atoms with Crippen molar-refractivity contribution in [2.75, 3.05) is 6.61 Å². The van der Waals surface area contributed by atoms with Crippen LogP contribution in [-0.4, -0.2) is 11.7 Å². The van der Waals surface area contributed by atoms with Crippen LogP contribution in [0.25, 0.3) is 0 Å². The summed E-state index contributed by atoms with van der Waals surface area (Å²) in [6.07, 6.45) is 2.74. The van der Waals surface area contributed by atoms with Gasteiger partial charge in [0, 0.05) is 29.0 Å². The van der Waals surface area contributed by atoms with Crippen LogP contribution in [0.4, 0.5) is 0 Å². The molecule has 0 aromatic rings. The third kappa shape index (κ3) is 6.00. The maximum Gasteiger partial charge on any atom is 0.0431 e. The smallest absolute Gasteiger partial charge is 0.0431 e. The van der Waals surface area contributed by atoms with E-state index in [0.29, 0.717) is 0 Å². The lowest BCUT2D eigenvalue weighted by atomic mass is 10.2. The van der Waals surface area contributed by atoms with Crippen LogP contribution in [-0.2, 0) is 0 Å². The van der Waals surface area contributed by atoms with E-state index < -0.39 is 0 Å². The molecule has 0 aliphatic rings. The van der Waals surface area contributed by atoms with E-state index >= 15 is 0 Å². The highest BCUT2D eigenvalue weighted by Crippen LogP contribution is 1.91. The molecule has 0 bridgehead atoms. The highest BCUT2D eigenvalue weighted by atomic mass is 75.9. The van der Waals surface area contributed by atoms with Crippen LogP contribution >= 0.6 is 15.9 Å². The highest BCUT2D eigenvalue weighted by Gasteiger charge is 1.79. The largest absolute Gasteiger partial charge is 0.396 e. The SMILES string of the molecule is OCCCCC#C[76Br]. The Morgan fingerprint density at radius 1 is 1.38 bits per heavy atom. The zero-order valence-corrected chi connectivity index (χ0v) is 6.24. The maximum absolute atomic E-state index is 8.31. The minimum atomic E-state index is 0.282. The molecule has 0 fully saturated rings. The molecule has 8 heavy (non-hydrogen) atoms. The normalized spacial score (nSPS) is 7.75. The van der Waals surface area contributed by atoms with Gasteiger partial charge in [0.25, 0.3) is 0 Å². The number of hydrogen-bond acceptors (Lipinski definition) is 1. The van der Waals surface area contributed by atoms with Crippen molar-refractivity contribution in [3.63, 3.8) is 0 Å². The molecule has 0 amide bonds. The van der Waals surface area contributed by atoms with Crippen molar-refractivity contribution in [3.05, 3.63) is 0 Å². The van der Waals surface area contributed by atoms with Crippen molar-refractivity contribution < 1.29 is 5.11 Å². The summed E-state index contributed by atoms with van der Waals surface area (Å²) in [6, 6.07) is 0. The molecule has 46 valence electrons. The van der Waals surface area contributed by atoms with Crippen LogP contribution in [0.3, 0.4) is 0 Å². The predicted molar refractivity (Wildman–Crippen MR) is 37.6 cm³/mol. The molecule has 0 saturated heterocycles. The summed E-state index contributed by atoms with van der Waals surface area (Å²) in [5.41, 5.74) is 0. The minimum Gasteiger partial charge on any atom is -0.396 e. The van der Waals surface area contributed by atoms with Gasteiger partial charge in [-0.2, -0.15) is 0 Å². The van der Waals surface area contributed by atoms with Gasteiger partial charge in [-0.3, -0.25) is 0 Å². The molecule has 0 aromatic carbocycles. The first kappa shape index (κ1) is 8.00. The van der Waals surface area contributed by atoms with Gasteiger partial charge < -0.3 is 5.11 Å². The van der Waals surface area contributed by atoms with Crippen LogP contribution in [0.2, 0.25) is 0 Å². The second-order valence-corrected chi connectivity index (χ2v) is 1.85. The van der Waals surface area contributed by atoms with Gasteiger partial charge in [0.1, 0.15) is 0 Å². The first-order chi connectivity index (χ1) is 3.91. The van der Waals surface area contributed by atoms with Crippen LogP contribution in [0.5, 0.6) is 0 Å². The summed E-state index contributed by atoms with van der Waals surface area (Å²) in [4.78, 5) is 2.61. The first-order valence-electron chi connectivity index (χ1n) is 2.61. The second-order valence-electron chi connectivity index (χ2n) is 1.45. The standard InChI is InChI=1S/C6H9BrO/c7-5-3-1-2-4-6-8/h8H,1-2,4,6H2/i7-4. The Morgan fingerprint density at radius 2 is 2.12 bits per heavy atom. The van der Waals surface area contributed by atoms with Gasteiger partial charge in [-0.15, -0.1) is 0 Å². The predicted octanol–water partition coefficient (Wildman–Crippen LogP) is 1.50. The lowest BCUT2D eigenvalue weighted by Crippen LogP contribution is -1.79. The van der Waals surface area contributed by atoms with E-state index in [1.807, 2.05) is 0 Å². The van der Waals surface area contributed by atoms with Gasteiger partial charge in [-0.1, -0.05) is 5.92 Å². The fourth-order valence-corrected chi connectivity index (χ4v) is 0.571. The third-order valence-electron chi connectivity index (χ3n) is 0.777. The number of halogens is 1. The topological polar surface area (TPSA) is 20.2 Å². The van der Waals surface area contributed by atoms with Gasteiger partial charge in [0.05, 0.1) is 0 Å². The number of aliphatic hydroxyl groups is 1. The number of aliphatic hydroxyl groups excluding tert-OH is 1. The zero-order valence-electron chi connectivity index (χ0n) is 4.65. The van der Waals surface area contributed by atoms with Crippen molar-refractivity contribution in [1.82, 2.24) is 0 Å². The van der Waals surface area contributed by atoms with E-state index in [2.05, 4.69) is 26.7 Å². The van der Waals surface area contributed by atoms with Gasteiger partial charge in [-0.25, -0.2) is 0 Å². The molecule has 0 aromatic heterocycles. The number of rotatable bonds is 3. The average Bonchev–Trinajstić information content (AvgIpc) is 1.81. The van der Waals surface area contributed by atoms with E-state index in [-0.39, 0.29) is 6.61 Å². The van der Waals surface area contributed by atoms with E-state index in [0.717, 1.165) is 19.3 Å². The molecule has 2 heteroatoms. The quantitative estimate of drug-likeness (QED) is 0.506. The molecule has 1 nitrogen and oxygen atoms in total. The lowest BCUT2D eigenvalue weighted by molar-refractivity contribution is 0.285. The Hall–Kier alpha value is 0. The Morgan fingerprint density at radius 3 is 2.62 bits per heavy atom. The van der Waals surface area contributed by atoms with E-state index in [4.69, 9.17) is 5.11 Å². The minimum absolute atomic E-state index is 0.282. The molecule has 0 rings (SSSR count). The van der Waals surface area contributed by atoms with E-state index in [9.17, 15) is 0 Å². The van der Waals surface area contributed by atoms with Crippen molar-refractivity contribution in [3.8, 4) is 10.8 Å². The Labute approximate surface area is 58.2 Å². The molecule has 0 unspecified atom stereocenters. The zero-order chi connectivity index (χ0) is 6.24. The van der Waals surface area contributed by atoms with Gasteiger partial charge in [0.15, 0.2) is 0 Å². The number of unbranched alkanes of at least 4 members (excludes halogenated alkanes) is 2. The third-order valence-corrected chi connectivity index (χ3v) is 1.06. The van der Waals surface area contributed by atoms with Crippen LogP contribution < -0.4 is 0 Å². The van der Waals surface area contributed by atoms with Crippen LogP contribution in [0.1, 0.15) is 19.3 Å². The maximum atomic E-state index is 8.31. The van der Waals surface area contributed by atoms with Gasteiger partial charge in [-0.05, 0) is 17.7 Å². The molecule has 0 atom stereocenters. The van der Waals surface area contributed by atoms with Gasteiger partial charge in [0.2, 0.25) is 0 Å². The second kappa shape index (κ2) is 7.00.